The van der Waals surface area contributed by atoms with Crippen LogP contribution in [0.25, 0.3) is 10.7 Å². The maximum absolute atomic E-state index is 12.7. The smallest absolute Gasteiger partial charge is 0.471 e. The van der Waals surface area contributed by atoms with E-state index in [1.54, 1.807) is 29.2 Å². The van der Waals surface area contributed by atoms with E-state index in [2.05, 4.69) is 14.7 Å². The minimum atomic E-state index is -4.70. The molecule has 0 saturated carbocycles. The third kappa shape index (κ3) is 4.55. The molecular weight excluding hydrogens is 466 g/mol. The van der Waals surface area contributed by atoms with Gasteiger partial charge in [-0.25, -0.2) is 0 Å². The van der Waals surface area contributed by atoms with Crippen molar-refractivity contribution in [2.75, 3.05) is 13.2 Å². The fourth-order valence-corrected chi connectivity index (χ4v) is 4.54. The predicted molar refractivity (Wildman–Crippen MR) is 104 cm³/mol. The Morgan fingerprint density at radius 2 is 1.97 bits per heavy atom. The molecule has 0 N–H and O–H groups in total. The van der Waals surface area contributed by atoms with Gasteiger partial charge in [0.1, 0.15) is 5.75 Å². The Labute approximate surface area is 182 Å². The van der Waals surface area contributed by atoms with Crippen molar-refractivity contribution in [2.24, 2.45) is 0 Å². The molecule has 1 aliphatic heterocycles. The Balaban J connectivity index is 1.42. The zero-order chi connectivity index (χ0) is 21.5. The first kappa shape index (κ1) is 21.0. The van der Waals surface area contributed by atoms with Gasteiger partial charge in [-0.2, -0.15) is 18.2 Å². The van der Waals surface area contributed by atoms with Crippen LogP contribution in [0.1, 0.15) is 16.3 Å². The highest BCUT2D eigenvalue weighted by Gasteiger charge is 2.38. The summed E-state index contributed by atoms with van der Waals surface area (Å²) in [6.45, 7) is 0.586. The molecule has 2 aromatic heterocycles. The summed E-state index contributed by atoms with van der Waals surface area (Å²) in [5.41, 5.74) is 0.832. The van der Waals surface area contributed by atoms with E-state index in [0.717, 1.165) is 10.4 Å². The van der Waals surface area contributed by atoms with Gasteiger partial charge in [0.15, 0.2) is 6.61 Å². The van der Waals surface area contributed by atoms with Crippen LogP contribution in [0, 0.1) is 0 Å². The van der Waals surface area contributed by atoms with E-state index >= 15 is 0 Å². The Bertz CT molecular complexity index is 1080. The van der Waals surface area contributed by atoms with E-state index in [0.29, 0.717) is 40.2 Å². The van der Waals surface area contributed by atoms with Gasteiger partial charge in [-0.15, -0.1) is 11.3 Å². The summed E-state index contributed by atoms with van der Waals surface area (Å²) >= 11 is 13.1. The minimum Gasteiger partial charge on any atom is -0.484 e. The molecule has 1 aliphatic rings. The van der Waals surface area contributed by atoms with Crippen molar-refractivity contribution in [1.29, 1.82) is 0 Å². The predicted octanol–water partition coefficient (Wildman–Crippen LogP) is 5.09. The number of halogens is 5. The second kappa shape index (κ2) is 8.09. The van der Waals surface area contributed by atoms with Crippen molar-refractivity contribution in [2.45, 2.75) is 19.1 Å². The van der Waals surface area contributed by atoms with Crippen molar-refractivity contribution in [1.82, 2.24) is 15.0 Å². The molecule has 6 nitrogen and oxygen atoms in total. The maximum Gasteiger partial charge on any atom is 0.471 e. The molecule has 0 bridgehead atoms. The number of ether oxygens (including phenoxy) is 1. The molecule has 0 fully saturated rings. The zero-order valence-electron chi connectivity index (χ0n) is 15.0. The molecule has 0 atom stereocenters. The number of alkyl halides is 3. The molecule has 1 aromatic carbocycles. The van der Waals surface area contributed by atoms with E-state index in [1.807, 2.05) is 0 Å². The molecule has 0 spiro atoms. The molecule has 1 amide bonds. The van der Waals surface area contributed by atoms with Gasteiger partial charge in [0.05, 0.1) is 4.88 Å². The van der Waals surface area contributed by atoms with Crippen molar-refractivity contribution in [3.05, 3.63) is 50.6 Å². The summed E-state index contributed by atoms with van der Waals surface area (Å²) in [6, 6.07) is 6.35. The lowest BCUT2D eigenvalue weighted by Gasteiger charge is -2.26. The van der Waals surface area contributed by atoms with Crippen LogP contribution in [0.15, 0.2) is 28.8 Å². The van der Waals surface area contributed by atoms with Crippen LogP contribution >= 0.6 is 34.5 Å². The second-order valence-corrected chi connectivity index (χ2v) is 8.45. The molecule has 4 rings (SSSR count). The van der Waals surface area contributed by atoms with E-state index in [9.17, 15) is 18.0 Å². The first-order chi connectivity index (χ1) is 14.2. The van der Waals surface area contributed by atoms with E-state index in [-0.39, 0.29) is 18.3 Å². The monoisotopic (exact) mass is 477 g/mol. The number of thiophene rings is 1. The number of hydrogen-bond donors (Lipinski definition) is 0. The van der Waals surface area contributed by atoms with Crippen LogP contribution in [0.3, 0.4) is 0 Å². The van der Waals surface area contributed by atoms with Gasteiger partial charge in [-0.05, 0) is 36.2 Å². The van der Waals surface area contributed by atoms with Crippen LogP contribution in [0.4, 0.5) is 13.2 Å². The summed E-state index contributed by atoms with van der Waals surface area (Å²) < 4.78 is 47.7. The molecule has 12 heteroatoms. The summed E-state index contributed by atoms with van der Waals surface area (Å²) in [4.78, 5) is 19.0. The summed E-state index contributed by atoms with van der Waals surface area (Å²) in [5, 5.41) is 4.20. The summed E-state index contributed by atoms with van der Waals surface area (Å²) in [5.74, 6) is -1.36. The number of carbonyl (C=O) groups excluding carboxylic acids is 1. The van der Waals surface area contributed by atoms with Gasteiger partial charge < -0.3 is 14.2 Å². The SMILES string of the molecule is O=C(COc1cc(Cl)cc(Cl)c1)N1CCc2sc(-c3noc(C(F)(F)F)n3)cc2C1. The molecule has 0 radical (unpaired) electrons. The highest BCUT2D eigenvalue weighted by Crippen LogP contribution is 2.35. The van der Waals surface area contributed by atoms with Crippen molar-refractivity contribution in [3.63, 3.8) is 0 Å². The van der Waals surface area contributed by atoms with Gasteiger partial charge in [0.25, 0.3) is 5.91 Å². The second-order valence-electron chi connectivity index (χ2n) is 6.44. The number of fused-ring (bicyclic) bond motifs is 1. The number of carbonyl (C=O) groups is 1. The lowest BCUT2D eigenvalue weighted by Crippen LogP contribution is -2.38. The standard InChI is InChI=1S/C18H12Cl2F3N3O3S/c19-10-4-11(20)6-12(5-10)28-8-15(27)26-2-1-13-9(7-26)3-14(30-13)16-24-17(29-25-16)18(21,22)23/h3-6H,1-2,7-8H2. The third-order valence-corrected chi connectivity index (χ3v) is 5.98. The van der Waals surface area contributed by atoms with Gasteiger partial charge in [-0.1, -0.05) is 28.4 Å². The molecule has 30 heavy (non-hydrogen) atoms. The van der Waals surface area contributed by atoms with E-state index in [1.165, 1.54) is 11.3 Å². The van der Waals surface area contributed by atoms with Gasteiger partial charge >= 0.3 is 12.1 Å². The van der Waals surface area contributed by atoms with Gasteiger partial charge in [0, 0.05) is 28.0 Å². The fourth-order valence-electron chi connectivity index (χ4n) is 2.94. The van der Waals surface area contributed by atoms with E-state index < -0.39 is 12.1 Å². The van der Waals surface area contributed by atoms with Crippen molar-refractivity contribution < 1.29 is 27.2 Å². The first-order valence-electron chi connectivity index (χ1n) is 8.58. The average Bonchev–Trinajstić information content (AvgIpc) is 3.31. The molecule has 3 aromatic rings. The molecule has 0 aliphatic carbocycles. The molecule has 0 unspecified atom stereocenters. The molecule has 0 saturated heterocycles. The maximum atomic E-state index is 12.7. The van der Waals surface area contributed by atoms with Crippen LogP contribution in [0.2, 0.25) is 10.0 Å². The minimum absolute atomic E-state index is 0.124. The van der Waals surface area contributed by atoms with E-state index in [4.69, 9.17) is 27.9 Å². The third-order valence-electron chi connectivity index (χ3n) is 4.31. The normalized spacial score (nSPS) is 14.0. The van der Waals surface area contributed by atoms with Crippen molar-refractivity contribution >= 4 is 40.4 Å². The van der Waals surface area contributed by atoms with Crippen molar-refractivity contribution in [3.8, 4) is 16.5 Å². The van der Waals surface area contributed by atoms with Crippen LogP contribution < -0.4 is 4.74 Å². The quantitative estimate of drug-likeness (QED) is 0.523. The first-order valence-corrected chi connectivity index (χ1v) is 10.2. The number of amides is 1. The van der Waals surface area contributed by atoms with Gasteiger partial charge in [0.2, 0.25) is 5.82 Å². The molecular formula is C18H12Cl2F3N3O3S. The number of rotatable bonds is 4. The summed E-state index contributed by atoms with van der Waals surface area (Å²) in [7, 11) is 0. The lowest BCUT2D eigenvalue weighted by atomic mass is 10.1. The Hall–Kier alpha value is -2.30. The Morgan fingerprint density at radius 3 is 2.63 bits per heavy atom. The van der Waals surface area contributed by atoms with Crippen LogP contribution in [0.5, 0.6) is 5.75 Å². The number of benzene rings is 1. The Kier molecular flexibility index (Phi) is 5.65. The van der Waals surface area contributed by atoms with Gasteiger partial charge in [-0.3, -0.25) is 4.79 Å². The largest absolute Gasteiger partial charge is 0.484 e. The number of aromatic nitrogens is 2. The molecule has 158 valence electrons. The van der Waals surface area contributed by atoms with Crippen LogP contribution in [-0.2, 0) is 23.9 Å². The summed E-state index contributed by atoms with van der Waals surface area (Å²) in [6.07, 6.45) is -4.13. The van der Waals surface area contributed by atoms with Crippen LogP contribution in [-0.4, -0.2) is 34.1 Å². The zero-order valence-corrected chi connectivity index (χ0v) is 17.3. The fraction of sp³-hybridized carbons (Fsp3) is 0.278. The number of nitrogens with zero attached hydrogens (tertiary/aromatic N) is 3. The highest BCUT2D eigenvalue weighted by molar-refractivity contribution is 7.15. The molecule has 3 heterocycles. The number of hydrogen-bond acceptors (Lipinski definition) is 6. The highest BCUT2D eigenvalue weighted by atomic mass is 35.5. The lowest BCUT2D eigenvalue weighted by molar-refractivity contribution is -0.159. The average molecular weight is 478 g/mol. The topological polar surface area (TPSA) is 68.5 Å². The Morgan fingerprint density at radius 1 is 1.23 bits per heavy atom.